The molecule has 2 N–H and O–H groups in total. The van der Waals surface area contributed by atoms with E-state index in [1.165, 1.54) is 6.07 Å². The number of hydrogen-bond acceptors (Lipinski definition) is 2. The van der Waals surface area contributed by atoms with Gasteiger partial charge in [0.05, 0.1) is 5.02 Å². The monoisotopic (exact) mass is 299 g/mol. The molecule has 0 fully saturated rings. The van der Waals surface area contributed by atoms with Crippen molar-refractivity contribution in [2.24, 2.45) is 11.7 Å². The van der Waals surface area contributed by atoms with Crippen LogP contribution >= 0.6 is 11.6 Å². The number of Topliss-reactive ketones (excluding diaryl/α,β-unsaturated/α-hetero) is 1. The number of rotatable bonds is 9. The molecule has 1 atom stereocenters. The highest BCUT2D eigenvalue weighted by Crippen LogP contribution is 2.22. The molecule has 0 aliphatic rings. The number of ketones is 1. The van der Waals surface area contributed by atoms with Gasteiger partial charge < -0.3 is 5.73 Å². The molecular formula is C16H23ClFNO. The molecule has 0 bridgehead atoms. The Bertz CT molecular complexity index is 430. The van der Waals surface area contributed by atoms with Crippen LogP contribution in [0, 0.1) is 11.7 Å². The summed E-state index contributed by atoms with van der Waals surface area (Å²) in [4.78, 5) is 12.0. The Hall–Kier alpha value is -0.930. The van der Waals surface area contributed by atoms with Crippen molar-refractivity contribution >= 4 is 17.4 Å². The molecule has 0 amide bonds. The molecule has 1 rings (SSSR count). The lowest BCUT2D eigenvalue weighted by molar-refractivity contribution is -0.118. The van der Waals surface area contributed by atoms with Gasteiger partial charge in [-0.25, -0.2) is 4.39 Å². The molecule has 2 nitrogen and oxygen atoms in total. The lowest BCUT2D eigenvalue weighted by Crippen LogP contribution is -2.12. The minimum atomic E-state index is -0.469. The molecule has 0 spiro atoms. The van der Waals surface area contributed by atoms with Crippen molar-refractivity contribution in [2.45, 2.75) is 45.4 Å². The van der Waals surface area contributed by atoms with E-state index in [4.69, 9.17) is 17.3 Å². The predicted octanol–water partition coefficient (Wildman–Crippen LogP) is 4.14. The van der Waals surface area contributed by atoms with Crippen LogP contribution in [0.3, 0.4) is 0 Å². The predicted molar refractivity (Wildman–Crippen MR) is 81.4 cm³/mol. The van der Waals surface area contributed by atoms with E-state index in [1.807, 2.05) is 0 Å². The Kier molecular flexibility index (Phi) is 7.78. The number of hydrogen-bond donors (Lipinski definition) is 1. The summed E-state index contributed by atoms with van der Waals surface area (Å²) >= 11 is 5.86. The highest BCUT2D eigenvalue weighted by molar-refractivity contribution is 6.31. The van der Waals surface area contributed by atoms with Gasteiger partial charge in [-0.3, -0.25) is 4.79 Å². The van der Waals surface area contributed by atoms with Crippen LogP contribution in [0.25, 0.3) is 0 Å². The van der Waals surface area contributed by atoms with Crippen molar-refractivity contribution in [3.05, 3.63) is 34.6 Å². The van der Waals surface area contributed by atoms with Gasteiger partial charge in [0, 0.05) is 12.8 Å². The molecule has 0 saturated carbocycles. The summed E-state index contributed by atoms with van der Waals surface area (Å²) in [6.07, 6.45) is 4.74. The second-order valence-electron chi connectivity index (χ2n) is 5.20. The Morgan fingerprint density at radius 1 is 1.35 bits per heavy atom. The van der Waals surface area contributed by atoms with E-state index in [0.29, 0.717) is 24.4 Å². The van der Waals surface area contributed by atoms with Crippen molar-refractivity contribution in [3.63, 3.8) is 0 Å². The molecule has 0 aliphatic carbocycles. The summed E-state index contributed by atoms with van der Waals surface area (Å²) in [5.74, 6) is 0.150. The Labute approximate surface area is 125 Å². The first-order valence-corrected chi connectivity index (χ1v) is 7.60. The summed E-state index contributed by atoms with van der Waals surface area (Å²) in [5.41, 5.74) is 6.15. The number of carbonyl (C=O) groups excluding carboxylic acids is 1. The average Bonchev–Trinajstić information content (AvgIpc) is 2.42. The molecule has 0 heterocycles. The number of halogens is 2. The first kappa shape index (κ1) is 17.1. The molecular weight excluding hydrogens is 277 g/mol. The fraction of sp³-hybridized carbons (Fsp3) is 0.562. The van der Waals surface area contributed by atoms with E-state index in [1.54, 1.807) is 12.1 Å². The SMILES string of the molecule is CCCC(CCN)CCC(=O)Cc1cccc(F)c1Cl. The van der Waals surface area contributed by atoms with Crippen LogP contribution in [0.2, 0.25) is 5.02 Å². The fourth-order valence-corrected chi connectivity index (χ4v) is 2.62. The Balaban J connectivity index is 2.48. The van der Waals surface area contributed by atoms with Crippen molar-refractivity contribution < 1.29 is 9.18 Å². The Morgan fingerprint density at radius 3 is 2.75 bits per heavy atom. The quantitative estimate of drug-likeness (QED) is 0.745. The first-order chi connectivity index (χ1) is 9.58. The number of carbonyl (C=O) groups is 1. The molecule has 0 radical (unpaired) electrons. The van der Waals surface area contributed by atoms with Crippen LogP contribution in [-0.4, -0.2) is 12.3 Å². The fourth-order valence-electron chi connectivity index (χ4n) is 2.43. The van der Waals surface area contributed by atoms with E-state index in [0.717, 1.165) is 25.7 Å². The Morgan fingerprint density at radius 2 is 2.10 bits per heavy atom. The standard InChI is InChI=1S/C16H23ClFNO/c1-2-4-12(9-10-19)7-8-14(20)11-13-5-3-6-15(18)16(13)17/h3,5-6,12H,2,4,7-11,19H2,1H3. The van der Waals surface area contributed by atoms with E-state index < -0.39 is 5.82 Å². The number of nitrogens with two attached hydrogens (primary N) is 1. The van der Waals surface area contributed by atoms with Crippen molar-refractivity contribution in [1.82, 2.24) is 0 Å². The molecule has 4 heteroatoms. The van der Waals surface area contributed by atoms with Crippen LogP contribution < -0.4 is 5.73 Å². The smallest absolute Gasteiger partial charge is 0.142 e. The van der Waals surface area contributed by atoms with Gasteiger partial charge in [-0.2, -0.15) is 0 Å². The van der Waals surface area contributed by atoms with E-state index >= 15 is 0 Å². The minimum absolute atomic E-state index is 0.0629. The topological polar surface area (TPSA) is 43.1 Å². The molecule has 0 aliphatic heterocycles. The third-order valence-electron chi connectivity index (χ3n) is 3.52. The van der Waals surface area contributed by atoms with Crippen LogP contribution in [0.15, 0.2) is 18.2 Å². The highest BCUT2D eigenvalue weighted by Gasteiger charge is 2.13. The summed E-state index contributed by atoms with van der Waals surface area (Å²) in [5, 5.41) is 0.0629. The highest BCUT2D eigenvalue weighted by atomic mass is 35.5. The molecule has 0 aromatic heterocycles. The normalized spacial score (nSPS) is 12.4. The van der Waals surface area contributed by atoms with Gasteiger partial charge in [-0.1, -0.05) is 43.5 Å². The maximum Gasteiger partial charge on any atom is 0.142 e. The van der Waals surface area contributed by atoms with Gasteiger partial charge in [-0.15, -0.1) is 0 Å². The molecule has 1 aromatic carbocycles. The maximum atomic E-state index is 13.3. The zero-order valence-electron chi connectivity index (χ0n) is 12.0. The summed E-state index contributed by atoms with van der Waals surface area (Å²) < 4.78 is 13.3. The van der Waals surface area contributed by atoms with Gasteiger partial charge in [0.25, 0.3) is 0 Å². The first-order valence-electron chi connectivity index (χ1n) is 7.23. The molecule has 112 valence electrons. The van der Waals surface area contributed by atoms with Gasteiger partial charge >= 0.3 is 0 Å². The van der Waals surface area contributed by atoms with Crippen molar-refractivity contribution in [2.75, 3.05) is 6.54 Å². The average molecular weight is 300 g/mol. The molecule has 0 saturated heterocycles. The summed E-state index contributed by atoms with van der Waals surface area (Å²) in [7, 11) is 0. The molecule has 1 unspecified atom stereocenters. The minimum Gasteiger partial charge on any atom is -0.330 e. The van der Waals surface area contributed by atoms with E-state index in [-0.39, 0.29) is 17.2 Å². The lowest BCUT2D eigenvalue weighted by atomic mass is 9.92. The second-order valence-corrected chi connectivity index (χ2v) is 5.58. The second kappa shape index (κ2) is 9.09. The van der Waals surface area contributed by atoms with E-state index in [9.17, 15) is 9.18 Å². The zero-order valence-corrected chi connectivity index (χ0v) is 12.8. The third kappa shape index (κ3) is 5.59. The van der Waals surface area contributed by atoms with Gasteiger partial charge in [-0.05, 0) is 36.9 Å². The van der Waals surface area contributed by atoms with Crippen molar-refractivity contribution in [1.29, 1.82) is 0 Å². The van der Waals surface area contributed by atoms with Gasteiger partial charge in [0.2, 0.25) is 0 Å². The van der Waals surface area contributed by atoms with Crippen LogP contribution in [0.1, 0.15) is 44.6 Å². The van der Waals surface area contributed by atoms with Crippen LogP contribution in [0.5, 0.6) is 0 Å². The van der Waals surface area contributed by atoms with Crippen LogP contribution in [0.4, 0.5) is 4.39 Å². The summed E-state index contributed by atoms with van der Waals surface area (Å²) in [6, 6.07) is 4.58. The molecule has 1 aromatic rings. The van der Waals surface area contributed by atoms with E-state index in [2.05, 4.69) is 6.92 Å². The maximum absolute atomic E-state index is 13.3. The zero-order chi connectivity index (χ0) is 15.0. The number of benzene rings is 1. The largest absolute Gasteiger partial charge is 0.330 e. The van der Waals surface area contributed by atoms with Gasteiger partial charge in [0.15, 0.2) is 0 Å². The van der Waals surface area contributed by atoms with Crippen molar-refractivity contribution in [3.8, 4) is 0 Å². The van der Waals surface area contributed by atoms with Crippen LogP contribution in [-0.2, 0) is 11.2 Å². The molecule has 20 heavy (non-hydrogen) atoms. The lowest BCUT2D eigenvalue weighted by Gasteiger charge is -2.14. The third-order valence-corrected chi connectivity index (χ3v) is 3.95. The summed E-state index contributed by atoms with van der Waals surface area (Å²) in [6.45, 7) is 2.80. The van der Waals surface area contributed by atoms with Gasteiger partial charge in [0.1, 0.15) is 11.6 Å².